The van der Waals surface area contributed by atoms with E-state index in [1.807, 2.05) is 31.3 Å². The Kier molecular flexibility index (Phi) is 4.37. The lowest BCUT2D eigenvalue weighted by molar-refractivity contribution is 0.529. The van der Waals surface area contributed by atoms with E-state index in [1.165, 1.54) is 0 Å². The molecule has 3 aromatic heterocycles. The maximum atomic E-state index is 6.16. The predicted octanol–water partition coefficient (Wildman–Crippen LogP) is 4.41. The van der Waals surface area contributed by atoms with Gasteiger partial charge in [-0.1, -0.05) is 17.7 Å². The van der Waals surface area contributed by atoms with Crippen LogP contribution in [0, 0.1) is 0 Å². The Morgan fingerprint density at radius 3 is 2.83 bits per heavy atom. The van der Waals surface area contributed by atoms with E-state index >= 15 is 0 Å². The van der Waals surface area contributed by atoms with Gasteiger partial charge < -0.3 is 5.32 Å². The van der Waals surface area contributed by atoms with E-state index in [-0.39, 0.29) is 12.2 Å². The van der Waals surface area contributed by atoms with Crippen molar-refractivity contribution in [1.82, 2.24) is 10.3 Å². The Balaban J connectivity index is 1.90. The number of nitrogens with zero attached hydrogens (tertiary/aromatic N) is 2. The second kappa shape index (κ2) is 6.64. The molecule has 0 bridgehead atoms. The van der Waals surface area contributed by atoms with Crippen molar-refractivity contribution in [2.45, 2.75) is 12.2 Å². The first-order valence-electron chi connectivity index (χ1n) is 7.52. The van der Waals surface area contributed by atoms with E-state index in [4.69, 9.17) is 16.6 Å². The molecule has 0 spiro atoms. The average molecular weight is 375 g/mol. The van der Waals surface area contributed by atoms with Crippen LogP contribution in [0.5, 0.6) is 0 Å². The monoisotopic (exact) mass is 374 g/mol. The van der Waals surface area contributed by atoms with Gasteiger partial charge in [0.1, 0.15) is 18.0 Å². The number of anilines is 1. The summed E-state index contributed by atoms with van der Waals surface area (Å²) in [6, 6.07) is 12.0. The van der Waals surface area contributed by atoms with Crippen molar-refractivity contribution in [3.05, 3.63) is 67.6 Å². The van der Waals surface area contributed by atoms with Gasteiger partial charge in [0, 0.05) is 16.6 Å². The molecular weight excluding hydrogens is 360 g/mol. The molecule has 0 aromatic carbocycles. The molecule has 0 saturated carbocycles. The number of hydrogen-bond acceptors (Lipinski definition) is 6. The normalized spacial score (nSPS) is 20.0. The summed E-state index contributed by atoms with van der Waals surface area (Å²) in [7, 11) is 1.92. The number of likely N-dealkylation sites (N-methyl/N-ethyl adjacent to an activating group) is 1. The number of aromatic nitrogens is 1. The second-order valence-corrected chi connectivity index (χ2v) is 8.05. The Morgan fingerprint density at radius 1 is 1.21 bits per heavy atom. The van der Waals surface area contributed by atoms with E-state index < -0.39 is 0 Å². The summed E-state index contributed by atoms with van der Waals surface area (Å²) in [4.78, 5) is 11.9. The zero-order chi connectivity index (χ0) is 16.5. The van der Waals surface area contributed by atoms with Gasteiger partial charge in [0.15, 0.2) is 0 Å². The number of fused-ring (bicyclic) bond motifs is 1. The number of pyridine rings is 1. The maximum Gasteiger partial charge on any atom is 0.136 e. The maximum absolute atomic E-state index is 6.16. The molecule has 0 radical (unpaired) electrons. The van der Waals surface area contributed by atoms with Gasteiger partial charge >= 0.3 is 0 Å². The minimum atomic E-state index is -0.0844. The fourth-order valence-electron chi connectivity index (χ4n) is 2.78. The molecule has 4 heterocycles. The fourth-order valence-corrected chi connectivity index (χ4v) is 4.65. The molecule has 0 amide bonds. The summed E-state index contributed by atoms with van der Waals surface area (Å²) in [5.41, 5.74) is 1.98. The van der Waals surface area contributed by atoms with Gasteiger partial charge in [0.05, 0.1) is 14.9 Å². The fraction of sp³-hybridized carbons (Fsp3) is 0.176. The highest BCUT2D eigenvalue weighted by Gasteiger charge is 2.29. The SMILES string of the molecule is CNC1Nc2ncccc2C(c2cccs2)=NC1c1ccc(Cl)s1. The third-order valence-corrected chi connectivity index (χ3v) is 6.07. The molecule has 3 aromatic rings. The van der Waals surface area contributed by atoms with Crippen LogP contribution in [0.1, 0.15) is 21.4 Å². The van der Waals surface area contributed by atoms with Crippen LogP contribution in [0.25, 0.3) is 0 Å². The van der Waals surface area contributed by atoms with E-state index in [9.17, 15) is 0 Å². The van der Waals surface area contributed by atoms with Gasteiger partial charge in [-0.3, -0.25) is 10.3 Å². The summed E-state index contributed by atoms with van der Waals surface area (Å²) in [5, 5.41) is 8.88. The van der Waals surface area contributed by atoms with Crippen molar-refractivity contribution in [2.24, 2.45) is 4.99 Å². The van der Waals surface area contributed by atoms with Gasteiger partial charge in [-0.15, -0.1) is 22.7 Å². The summed E-state index contributed by atoms with van der Waals surface area (Å²) < 4.78 is 0.771. The predicted molar refractivity (Wildman–Crippen MR) is 103 cm³/mol. The lowest BCUT2D eigenvalue weighted by Crippen LogP contribution is -2.38. The first-order valence-corrected chi connectivity index (χ1v) is 9.60. The van der Waals surface area contributed by atoms with Crippen LogP contribution in [-0.2, 0) is 0 Å². The Bertz CT molecular complexity index is 872. The molecule has 0 fully saturated rings. The number of nitrogens with one attached hydrogen (secondary N) is 2. The number of rotatable bonds is 3. The van der Waals surface area contributed by atoms with Crippen molar-refractivity contribution in [3.63, 3.8) is 0 Å². The Labute approximate surface area is 153 Å². The molecule has 7 heteroatoms. The molecule has 0 saturated heterocycles. The quantitative estimate of drug-likeness (QED) is 0.714. The highest BCUT2D eigenvalue weighted by Crippen LogP contribution is 2.35. The lowest BCUT2D eigenvalue weighted by Gasteiger charge is -2.23. The standard InChI is InChI=1S/C17H15ClN4S2/c1-19-17-15(12-6-7-13(18)24-12)21-14(11-5-3-9-23-11)10-4-2-8-20-16(10)22-17/h2-9,15,17,19H,1H3,(H,20,22). The zero-order valence-corrected chi connectivity index (χ0v) is 15.3. The topological polar surface area (TPSA) is 49.3 Å². The van der Waals surface area contributed by atoms with Crippen LogP contribution in [0.2, 0.25) is 4.34 Å². The minimum absolute atomic E-state index is 0.0640. The van der Waals surface area contributed by atoms with Crippen LogP contribution < -0.4 is 10.6 Å². The minimum Gasteiger partial charge on any atom is -0.352 e. The summed E-state index contributed by atoms with van der Waals surface area (Å²) >= 11 is 9.40. The average Bonchev–Trinajstić information content (AvgIpc) is 3.24. The molecule has 1 aliphatic heterocycles. The third kappa shape index (κ3) is 2.86. The van der Waals surface area contributed by atoms with Crippen molar-refractivity contribution >= 4 is 45.8 Å². The van der Waals surface area contributed by atoms with E-state index in [1.54, 1.807) is 28.9 Å². The first-order chi connectivity index (χ1) is 11.8. The highest BCUT2D eigenvalue weighted by molar-refractivity contribution is 7.16. The van der Waals surface area contributed by atoms with Gasteiger partial charge in [-0.2, -0.15) is 0 Å². The number of halogens is 1. The summed E-state index contributed by atoms with van der Waals surface area (Å²) in [6.45, 7) is 0. The molecule has 4 rings (SSSR count). The summed E-state index contributed by atoms with van der Waals surface area (Å²) in [5.74, 6) is 0.842. The van der Waals surface area contributed by atoms with Gasteiger partial charge in [0.2, 0.25) is 0 Å². The van der Waals surface area contributed by atoms with Crippen LogP contribution in [0.15, 0.2) is 53.0 Å². The molecule has 24 heavy (non-hydrogen) atoms. The molecule has 2 atom stereocenters. The Hall–Kier alpha value is -1.73. The first kappa shape index (κ1) is 15.8. The molecule has 4 nitrogen and oxygen atoms in total. The number of thiophene rings is 2. The molecule has 0 aliphatic carbocycles. The molecule has 1 aliphatic rings. The number of hydrogen-bond donors (Lipinski definition) is 2. The molecule has 122 valence electrons. The van der Waals surface area contributed by atoms with Crippen LogP contribution in [-0.4, -0.2) is 23.9 Å². The Morgan fingerprint density at radius 2 is 2.12 bits per heavy atom. The van der Waals surface area contributed by atoms with Gasteiger partial charge in [-0.25, -0.2) is 4.98 Å². The van der Waals surface area contributed by atoms with Crippen molar-refractivity contribution in [3.8, 4) is 0 Å². The van der Waals surface area contributed by atoms with Crippen LogP contribution in [0.3, 0.4) is 0 Å². The van der Waals surface area contributed by atoms with Crippen molar-refractivity contribution < 1.29 is 0 Å². The molecule has 2 unspecified atom stereocenters. The van der Waals surface area contributed by atoms with Gasteiger partial charge in [0.25, 0.3) is 0 Å². The van der Waals surface area contributed by atoms with E-state index in [0.717, 1.165) is 31.2 Å². The molecular formula is C17H15ClN4S2. The smallest absolute Gasteiger partial charge is 0.136 e. The van der Waals surface area contributed by atoms with Gasteiger partial charge in [-0.05, 0) is 42.8 Å². The third-order valence-electron chi connectivity index (χ3n) is 3.89. The second-order valence-electron chi connectivity index (χ2n) is 5.35. The largest absolute Gasteiger partial charge is 0.352 e. The summed E-state index contributed by atoms with van der Waals surface area (Å²) in [6.07, 6.45) is 1.73. The van der Waals surface area contributed by atoms with Crippen LogP contribution >= 0.6 is 34.3 Å². The van der Waals surface area contributed by atoms with E-state index in [2.05, 4.69) is 33.1 Å². The lowest BCUT2D eigenvalue weighted by atomic mass is 10.1. The van der Waals surface area contributed by atoms with Crippen molar-refractivity contribution in [2.75, 3.05) is 12.4 Å². The van der Waals surface area contributed by atoms with Crippen LogP contribution in [0.4, 0.5) is 5.82 Å². The van der Waals surface area contributed by atoms with E-state index in [0.29, 0.717) is 0 Å². The highest BCUT2D eigenvalue weighted by atomic mass is 35.5. The molecule has 2 N–H and O–H groups in total. The zero-order valence-electron chi connectivity index (χ0n) is 12.9. The number of aliphatic imine (C=N–C) groups is 1. The van der Waals surface area contributed by atoms with Crippen molar-refractivity contribution in [1.29, 1.82) is 0 Å².